The molecule has 4 aromatic carbocycles. The fraction of sp³-hybridized carbons (Fsp3) is 0. The number of anilines is 1. The lowest BCUT2D eigenvalue weighted by atomic mass is 10.1. The van der Waals surface area contributed by atoms with E-state index in [2.05, 4.69) is 10.6 Å². The Kier molecular flexibility index (Phi) is 5.09. The van der Waals surface area contributed by atoms with Crippen molar-refractivity contribution < 1.29 is 13.6 Å². The number of amides is 1. The quantitative estimate of drug-likeness (QED) is 0.341. The molecule has 5 nitrogen and oxygen atoms in total. The van der Waals surface area contributed by atoms with Crippen molar-refractivity contribution in [3.8, 4) is 11.5 Å². The number of fused-ring (bicyclic) bond motifs is 3. The van der Waals surface area contributed by atoms with E-state index in [1.807, 2.05) is 60.7 Å². The molecule has 5 rings (SSSR count). The van der Waals surface area contributed by atoms with Crippen LogP contribution < -0.4 is 10.6 Å². The first-order valence-corrected chi connectivity index (χ1v) is 10.2. The predicted octanol–water partition coefficient (Wildman–Crippen LogP) is 5.91. The van der Waals surface area contributed by atoms with Gasteiger partial charge in [0.15, 0.2) is 10.7 Å². The van der Waals surface area contributed by atoms with Crippen molar-refractivity contribution in [2.75, 3.05) is 5.32 Å². The monoisotopic (exact) mass is 441 g/mol. The Labute approximate surface area is 187 Å². The summed E-state index contributed by atoms with van der Waals surface area (Å²) < 4.78 is 19.0. The molecule has 5 aromatic rings. The molecule has 0 radical (unpaired) electrons. The van der Waals surface area contributed by atoms with Gasteiger partial charge in [0.2, 0.25) is 5.89 Å². The van der Waals surface area contributed by atoms with Crippen LogP contribution in [0.2, 0.25) is 0 Å². The van der Waals surface area contributed by atoms with Gasteiger partial charge in [0.05, 0.1) is 0 Å². The van der Waals surface area contributed by atoms with E-state index < -0.39 is 11.7 Å². The molecule has 0 spiro atoms. The Balaban J connectivity index is 1.36. The van der Waals surface area contributed by atoms with Crippen LogP contribution in [0.3, 0.4) is 0 Å². The zero-order chi connectivity index (χ0) is 22.1. The minimum Gasteiger partial charge on any atom is -0.436 e. The second-order valence-electron chi connectivity index (χ2n) is 7.15. The molecule has 0 aliphatic rings. The van der Waals surface area contributed by atoms with Gasteiger partial charge in [-0.2, -0.15) is 0 Å². The first-order chi connectivity index (χ1) is 15.6. The molecule has 0 bridgehead atoms. The summed E-state index contributed by atoms with van der Waals surface area (Å²) >= 11 is 5.25. The fourth-order valence-electron chi connectivity index (χ4n) is 3.45. The van der Waals surface area contributed by atoms with E-state index in [1.165, 1.54) is 24.3 Å². The Hall–Kier alpha value is -4.10. The summed E-state index contributed by atoms with van der Waals surface area (Å²) in [5.74, 6) is -0.350. The van der Waals surface area contributed by atoms with Crippen LogP contribution in [0, 0.1) is 5.82 Å². The molecule has 0 atom stereocenters. The molecule has 1 heterocycles. The van der Waals surface area contributed by atoms with Crippen molar-refractivity contribution in [2.45, 2.75) is 0 Å². The highest BCUT2D eigenvalue weighted by Crippen LogP contribution is 2.30. The van der Waals surface area contributed by atoms with Crippen LogP contribution in [0.1, 0.15) is 10.4 Å². The molecule has 0 aliphatic heterocycles. The standard InChI is InChI=1S/C25H16FN3O2S/c26-18-11-8-16(9-12-18)23(30)29-25(32)27-19-6-3-5-17(14-19)24-28-22-20-7-2-1-4-15(20)10-13-21(22)31-24/h1-14H,(H2,27,29,30,32). The third-order valence-corrected chi connectivity index (χ3v) is 5.19. The maximum atomic E-state index is 13.0. The van der Waals surface area contributed by atoms with Crippen LogP contribution in [0.15, 0.2) is 89.3 Å². The molecule has 0 fully saturated rings. The smallest absolute Gasteiger partial charge is 0.257 e. The van der Waals surface area contributed by atoms with Gasteiger partial charge in [0.25, 0.3) is 5.91 Å². The Bertz CT molecular complexity index is 1480. The first-order valence-electron chi connectivity index (χ1n) is 9.83. The number of nitrogens with one attached hydrogen (secondary N) is 2. The number of hydrogen-bond donors (Lipinski definition) is 2. The molecule has 0 unspecified atom stereocenters. The number of halogens is 1. The van der Waals surface area contributed by atoms with Crippen molar-refractivity contribution in [3.63, 3.8) is 0 Å². The number of carbonyl (C=O) groups is 1. The maximum absolute atomic E-state index is 13.0. The minimum atomic E-state index is -0.426. The number of nitrogens with zero attached hydrogens (tertiary/aromatic N) is 1. The van der Waals surface area contributed by atoms with Crippen LogP contribution in [0.25, 0.3) is 33.3 Å². The Morgan fingerprint density at radius 2 is 1.75 bits per heavy atom. The third-order valence-electron chi connectivity index (χ3n) is 4.98. The number of carbonyl (C=O) groups excluding carboxylic acids is 1. The summed E-state index contributed by atoms with van der Waals surface area (Å²) in [6.45, 7) is 0. The van der Waals surface area contributed by atoms with Gasteiger partial charge in [-0.15, -0.1) is 0 Å². The molecule has 2 N–H and O–H groups in total. The van der Waals surface area contributed by atoms with E-state index in [0.717, 1.165) is 21.9 Å². The van der Waals surface area contributed by atoms with E-state index in [4.69, 9.17) is 21.6 Å². The molecule has 0 saturated carbocycles. The molecule has 0 aliphatic carbocycles. The summed E-state index contributed by atoms with van der Waals surface area (Å²) in [6, 6.07) is 24.5. The lowest BCUT2D eigenvalue weighted by molar-refractivity contribution is 0.0977. The number of aromatic nitrogens is 1. The van der Waals surface area contributed by atoms with E-state index in [-0.39, 0.29) is 5.11 Å². The van der Waals surface area contributed by atoms with Gasteiger partial charge in [-0.3, -0.25) is 10.1 Å². The summed E-state index contributed by atoms with van der Waals surface area (Å²) in [4.78, 5) is 17.0. The number of oxazole rings is 1. The average molecular weight is 441 g/mol. The van der Waals surface area contributed by atoms with Crippen molar-refractivity contribution in [1.29, 1.82) is 0 Å². The first kappa shape index (κ1) is 19.8. The topological polar surface area (TPSA) is 67.2 Å². The highest BCUT2D eigenvalue weighted by Gasteiger charge is 2.12. The second-order valence-corrected chi connectivity index (χ2v) is 7.56. The SMILES string of the molecule is O=C(NC(=S)Nc1cccc(-c2nc3c(ccc4ccccc43)o2)c1)c1ccc(F)cc1. The molecule has 156 valence electrons. The summed E-state index contributed by atoms with van der Waals surface area (Å²) in [7, 11) is 0. The van der Waals surface area contributed by atoms with Gasteiger partial charge in [-0.1, -0.05) is 36.4 Å². The van der Waals surface area contributed by atoms with Crippen molar-refractivity contribution in [3.05, 3.63) is 96.3 Å². The van der Waals surface area contributed by atoms with Crippen LogP contribution in [0.4, 0.5) is 10.1 Å². The number of rotatable bonds is 3. The van der Waals surface area contributed by atoms with E-state index in [1.54, 1.807) is 0 Å². The average Bonchev–Trinajstić information content (AvgIpc) is 3.25. The Morgan fingerprint density at radius 3 is 2.59 bits per heavy atom. The fourth-order valence-corrected chi connectivity index (χ4v) is 3.66. The zero-order valence-corrected chi connectivity index (χ0v) is 17.4. The summed E-state index contributed by atoms with van der Waals surface area (Å²) in [5.41, 5.74) is 3.25. The highest BCUT2D eigenvalue weighted by atomic mass is 32.1. The third kappa shape index (κ3) is 3.93. The molecule has 1 aromatic heterocycles. The zero-order valence-electron chi connectivity index (χ0n) is 16.6. The van der Waals surface area contributed by atoms with Gasteiger partial charge < -0.3 is 9.73 Å². The molecular weight excluding hydrogens is 425 g/mol. The second kappa shape index (κ2) is 8.20. The lowest BCUT2D eigenvalue weighted by Crippen LogP contribution is -2.34. The minimum absolute atomic E-state index is 0.125. The predicted molar refractivity (Wildman–Crippen MR) is 127 cm³/mol. The van der Waals surface area contributed by atoms with Gasteiger partial charge in [0, 0.05) is 22.2 Å². The molecule has 32 heavy (non-hydrogen) atoms. The van der Waals surface area contributed by atoms with Crippen LogP contribution in [-0.4, -0.2) is 16.0 Å². The largest absolute Gasteiger partial charge is 0.436 e. The van der Waals surface area contributed by atoms with Crippen LogP contribution in [-0.2, 0) is 0 Å². The molecular formula is C25H16FN3O2S. The normalized spacial score (nSPS) is 10.9. The highest BCUT2D eigenvalue weighted by molar-refractivity contribution is 7.80. The van der Waals surface area contributed by atoms with Gasteiger partial charge in [-0.05, 0) is 66.1 Å². The molecule has 7 heteroatoms. The number of thiocarbonyl (C=S) groups is 1. The van der Waals surface area contributed by atoms with E-state index in [9.17, 15) is 9.18 Å². The molecule has 1 amide bonds. The maximum Gasteiger partial charge on any atom is 0.257 e. The van der Waals surface area contributed by atoms with Gasteiger partial charge >= 0.3 is 0 Å². The van der Waals surface area contributed by atoms with Crippen molar-refractivity contribution >= 4 is 50.8 Å². The van der Waals surface area contributed by atoms with E-state index >= 15 is 0 Å². The molecule has 0 saturated heterocycles. The van der Waals surface area contributed by atoms with Gasteiger partial charge in [0.1, 0.15) is 11.3 Å². The Morgan fingerprint density at radius 1 is 0.938 bits per heavy atom. The number of benzene rings is 4. The lowest BCUT2D eigenvalue weighted by Gasteiger charge is -2.10. The van der Waals surface area contributed by atoms with Crippen molar-refractivity contribution in [1.82, 2.24) is 10.3 Å². The van der Waals surface area contributed by atoms with Gasteiger partial charge in [-0.25, -0.2) is 9.37 Å². The van der Waals surface area contributed by atoms with Crippen molar-refractivity contribution in [2.24, 2.45) is 0 Å². The summed E-state index contributed by atoms with van der Waals surface area (Å²) in [6.07, 6.45) is 0. The van der Waals surface area contributed by atoms with Crippen LogP contribution >= 0.6 is 12.2 Å². The summed E-state index contributed by atoms with van der Waals surface area (Å²) in [5, 5.41) is 7.82. The van der Waals surface area contributed by atoms with Crippen LogP contribution in [0.5, 0.6) is 0 Å². The van der Waals surface area contributed by atoms with E-state index in [0.29, 0.717) is 22.7 Å². The number of hydrogen-bond acceptors (Lipinski definition) is 4.